The lowest BCUT2D eigenvalue weighted by molar-refractivity contribution is -0.136. The smallest absolute Gasteiger partial charge is 0.319 e. The summed E-state index contributed by atoms with van der Waals surface area (Å²) in [6.07, 6.45) is 2.09. The lowest BCUT2D eigenvalue weighted by atomic mass is 9.96. The van der Waals surface area contributed by atoms with Crippen LogP contribution < -0.4 is 0 Å². The number of likely N-dealkylation sites (tertiary alicyclic amines) is 1. The fourth-order valence-electron chi connectivity index (χ4n) is 4.22. The Morgan fingerprint density at radius 1 is 1.03 bits per heavy atom. The van der Waals surface area contributed by atoms with Crippen molar-refractivity contribution in [2.24, 2.45) is 5.92 Å². The van der Waals surface area contributed by atoms with Crippen molar-refractivity contribution < 1.29 is 22.5 Å². The van der Waals surface area contributed by atoms with E-state index in [-0.39, 0.29) is 35.1 Å². The average molecular weight is 442 g/mol. The van der Waals surface area contributed by atoms with Crippen LogP contribution in [0.15, 0.2) is 9.42 Å². The molecule has 1 unspecified atom stereocenters. The van der Waals surface area contributed by atoms with E-state index in [2.05, 4.69) is 5.16 Å². The molecule has 0 saturated carbocycles. The summed E-state index contributed by atoms with van der Waals surface area (Å²) >= 11 is 0. The highest BCUT2D eigenvalue weighted by Crippen LogP contribution is 2.25. The zero-order valence-corrected chi connectivity index (χ0v) is 18.9. The minimum absolute atomic E-state index is 0.00263. The van der Waals surface area contributed by atoms with Gasteiger partial charge in [-0.1, -0.05) is 5.16 Å². The van der Waals surface area contributed by atoms with Gasteiger partial charge in [0.05, 0.1) is 5.92 Å². The Morgan fingerprint density at radius 3 is 2.37 bits per heavy atom. The van der Waals surface area contributed by atoms with Crippen LogP contribution in [0.5, 0.6) is 0 Å². The number of hydrogen-bond acceptors (Lipinski definition) is 6. The molecule has 2 saturated heterocycles. The van der Waals surface area contributed by atoms with Crippen LogP contribution in [0.25, 0.3) is 0 Å². The van der Waals surface area contributed by atoms with E-state index in [1.165, 1.54) is 9.21 Å². The van der Waals surface area contributed by atoms with E-state index >= 15 is 0 Å². The van der Waals surface area contributed by atoms with E-state index in [9.17, 15) is 18.0 Å². The summed E-state index contributed by atoms with van der Waals surface area (Å²) in [4.78, 5) is 30.5. The summed E-state index contributed by atoms with van der Waals surface area (Å²) in [6.45, 7) is 5.67. The molecule has 2 aliphatic heterocycles. The Kier molecular flexibility index (Phi) is 6.71. The van der Waals surface area contributed by atoms with Crippen LogP contribution in [-0.4, -0.2) is 97.9 Å². The Hall–Kier alpha value is -2.14. The number of aryl methyl sites for hydroxylation is 2. The van der Waals surface area contributed by atoms with E-state index in [4.69, 9.17) is 4.52 Å². The summed E-state index contributed by atoms with van der Waals surface area (Å²) in [5.74, 6) is 0.0359. The van der Waals surface area contributed by atoms with Crippen LogP contribution >= 0.6 is 0 Å². The highest BCUT2D eigenvalue weighted by Gasteiger charge is 2.35. The zero-order valence-electron chi connectivity index (χ0n) is 18.1. The first-order chi connectivity index (χ1) is 14.1. The number of carbonyl (C=O) groups excluding carboxylic acids is 2. The Labute approximate surface area is 177 Å². The monoisotopic (exact) mass is 441 g/mol. The van der Waals surface area contributed by atoms with Crippen molar-refractivity contribution in [2.45, 2.75) is 38.0 Å². The maximum Gasteiger partial charge on any atom is 0.319 e. The lowest BCUT2D eigenvalue weighted by Gasteiger charge is -2.35. The van der Waals surface area contributed by atoms with E-state index < -0.39 is 10.0 Å². The van der Waals surface area contributed by atoms with Gasteiger partial charge in [-0.05, 0) is 33.1 Å². The predicted molar refractivity (Wildman–Crippen MR) is 109 cm³/mol. The second-order valence-corrected chi connectivity index (χ2v) is 10.1. The summed E-state index contributed by atoms with van der Waals surface area (Å²) in [5, 5.41) is 3.76. The number of piperidine rings is 1. The molecule has 3 rings (SSSR count). The van der Waals surface area contributed by atoms with Crippen LogP contribution in [-0.2, 0) is 14.8 Å². The molecular weight excluding hydrogens is 410 g/mol. The second kappa shape index (κ2) is 8.93. The molecule has 168 valence electrons. The molecular formula is C19H31N5O5S. The largest absolute Gasteiger partial charge is 0.360 e. The molecule has 0 bridgehead atoms. The van der Waals surface area contributed by atoms with Gasteiger partial charge in [-0.15, -0.1) is 0 Å². The van der Waals surface area contributed by atoms with Gasteiger partial charge in [0.2, 0.25) is 15.9 Å². The number of aromatic nitrogens is 1. The standard InChI is InChI=1S/C19H31N5O5S/c1-14-17(15(2)29-20-14)30(27,28)24-10-6-9-22(11-12-24)18(25)16-7-5-8-23(13-16)19(26)21(3)4/h16H,5-13H2,1-4H3. The molecule has 2 fully saturated rings. The first-order valence-electron chi connectivity index (χ1n) is 10.3. The summed E-state index contributed by atoms with van der Waals surface area (Å²) < 4.78 is 32.6. The minimum Gasteiger partial charge on any atom is -0.360 e. The van der Waals surface area contributed by atoms with Gasteiger partial charge in [0.1, 0.15) is 10.6 Å². The highest BCUT2D eigenvalue weighted by molar-refractivity contribution is 7.89. The van der Waals surface area contributed by atoms with Crippen LogP contribution in [0.3, 0.4) is 0 Å². The van der Waals surface area contributed by atoms with Gasteiger partial charge < -0.3 is 19.2 Å². The zero-order chi connectivity index (χ0) is 22.1. The number of rotatable bonds is 3. The summed E-state index contributed by atoms with van der Waals surface area (Å²) in [6, 6.07) is -0.0832. The minimum atomic E-state index is -3.73. The topological polar surface area (TPSA) is 107 Å². The molecule has 1 aromatic rings. The van der Waals surface area contributed by atoms with Gasteiger partial charge in [0.25, 0.3) is 0 Å². The number of sulfonamides is 1. The normalized spacial score (nSPS) is 21.4. The quantitative estimate of drug-likeness (QED) is 0.690. The molecule has 0 radical (unpaired) electrons. The van der Waals surface area contributed by atoms with Gasteiger partial charge in [-0.25, -0.2) is 13.2 Å². The third-order valence-electron chi connectivity index (χ3n) is 5.76. The van der Waals surface area contributed by atoms with E-state index in [0.29, 0.717) is 44.8 Å². The van der Waals surface area contributed by atoms with Crippen molar-refractivity contribution in [2.75, 3.05) is 53.4 Å². The number of hydrogen-bond donors (Lipinski definition) is 0. The predicted octanol–water partition coefficient (Wildman–Crippen LogP) is 0.908. The number of amides is 3. The van der Waals surface area contributed by atoms with Crippen molar-refractivity contribution in [3.8, 4) is 0 Å². The molecule has 0 aliphatic carbocycles. The highest BCUT2D eigenvalue weighted by atomic mass is 32.2. The summed E-state index contributed by atoms with van der Waals surface area (Å²) in [7, 11) is -0.316. The third kappa shape index (κ3) is 4.46. The van der Waals surface area contributed by atoms with Gasteiger partial charge in [-0.3, -0.25) is 4.79 Å². The fourth-order valence-corrected chi connectivity index (χ4v) is 5.98. The van der Waals surface area contributed by atoms with E-state index in [1.54, 1.807) is 37.7 Å². The SMILES string of the molecule is Cc1noc(C)c1S(=O)(=O)N1CCCN(C(=O)C2CCCN(C(=O)N(C)C)C2)CC1. The third-order valence-corrected chi connectivity index (χ3v) is 7.90. The first-order valence-corrected chi connectivity index (χ1v) is 11.7. The Balaban J connectivity index is 1.66. The van der Waals surface area contributed by atoms with E-state index in [0.717, 1.165) is 12.8 Å². The van der Waals surface area contributed by atoms with Gasteiger partial charge in [0.15, 0.2) is 5.76 Å². The fraction of sp³-hybridized carbons (Fsp3) is 0.737. The number of nitrogens with zero attached hydrogens (tertiary/aromatic N) is 5. The number of carbonyl (C=O) groups is 2. The first kappa shape index (κ1) is 22.5. The van der Waals surface area contributed by atoms with Crippen LogP contribution in [0, 0.1) is 19.8 Å². The van der Waals surface area contributed by atoms with Crippen molar-refractivity contribution in [3.05, 3.63) is 11.5 Å². The molecule has 1 aromatic heterocycles. The molecule has 30 heavy (non-hydrogen) atoms. The molecule has 2 aliphatic rings. The molecule has 1 atom stereocenters. The maximum atomic E-state index is 13.1. The Bertz CT molecular complexity index is 878. The molecule has 0 N–H and O–H groups in total. The van der Waals surface area contributed by atoms with Gasteiger partial charge >= 0.3 is 6.03 Å². The van der Waals surface area contributed by atoms with Crippen molar-refractivity contribution in [1.29, 1.82) is 0 Å². The van der Waals surface area contributed by atoms with Gasteiger partial charge in [0, 0.05) is 53.4 Å². The van der Waals surface area contributed by atoms with Gasteiger partial charge in [-0.2, -0.15) is 4.31 Å². The number of urea groups is 1. The summed E-state index contributed by atoms with van der Waals surface area (Å²) in [5.41, 5.74) is 0.345. The molecule has 3 amide bonds. The Morgan fingerprint density at radius 2 is 1.73 bits per heavy atom. The molecule has 3 heterocycles. The van der Waals surface area contributed by atoms with Crippen molar-refractivity contribution in [1.82, 2.24) is 24.2 Å². The van der Waals surface area contributed by atoms with Crippen molar-refractivity contribution >= 4 is 22.0 Å². The molecule has 10 nitrogen and oxygen atoms in total. The molecule has 11 heteroatoms. The van der Waals surface area contributed by atoms with E-state index in [1.807, 2.05) is 0 Å². The average Bonchev–Trinajstić information content (AvgIpc) is 2.91. The molecule has 0 spiro atoms. The van der Waals surface area contributed by atoms with Crippen LogP contribution in [0.4, 0.5) is 4.79 Å². The molecule has 0 aromatic carbocycles. The maximum absolute atomic E-state index is 13.1. The van der Waals surface area contributed by atoms with Crippen molar-refractivity contribution in [3.63, 3.8) is 0 Å². The lowest BCUT2D eigenvalue weighted by Crippen LogP contribution is -2.49. The van der Waals surface area contributed by atoms with Crippen LogP contribution in [0.2, 0.25) is 0 Å². The second-order valence-electron chi connectivity index (χ2n) is 8.20. The van der Waals surface area contributed by atoms with Crippen LogP contribution in [0.1, 0.15) is 30.7 Å².